The number of hydrogen-bond acceptors (Lipinski definition) is 9. The summed E-state index contributed by atoms with van der Waals surface area (Å²) in [6, 6.07) is 0.843. The number of carbonyl (C=O) groups excluding carboxylic acids is 1. The van der Waals surface area contributed by atoms with E-state index in [1.54, 1.807) is 13.8 Å². The van der Waals surface area contributed by atoms with E-state index in [1.165, 1.54) is 26.8 Å². The van der Waals surface area contributed by atoms with E-state index < -0.39 is 68.2 Å². The number of rotatable bonds is 7. The number of aromatic nitrogens is 3. The number of benzene rings is 1. The van der Waals surface area contributed by atoms with Crippen LogP contribution < -0.4 is 4.72 Å². The molecule has 0 radical (unpaired) electrons. The van der Waals surface area contributed by atoms with E-state index in [1.807, 2.05) is 0 Å². The Balaban J connectivity index is 1.87. The molecule has 1 aliphatic rings. The summed E-state index contributed by atoms with van der Waals surface area (Å²) < 4.78 is 76.4. The summed E-state index contributed by atoms with van der Waals surface area (Å²) in [6.07, 6.45) is -0.547. The molecule has 0 bridgehead atoms. The second kappa shape index (κ2) is 10.1. The number of sulfonamides is 1. The number of nitrogens with one attached hydrogen (secondary N) is 1. The Labute approximate surface area is 231 Å². The highest BCUT2D eigenvalue weighted by atomic mass is 35.5. The van der Waals surface area contributed by atoms with Crippen LogP contribution in [0, 0.1) is 5.82 Å². The van der Waals surface area contributed by atoms with Gasteiger partial charge >= 0.3 is 0 Å². The molecule has 4 rings (SSSR count). The first-order valence-electron chi connectivity index (χ1n) is 11.7. The van der Waals surface area contributed by atoms with Crippen LogP contribution in [0.4, 0.5) is 13.2 Å². The number of carbonyl (C=O) groups is 1. The maximum absolute atomic E-state index is 15.3. The SMILES string of the molecule is CC(C)NS(=O)(=O)c1ccc(-c2sc(-c3nnc(C(C)(C)O)o3)nc2C(=O)N2CC(F)(F)C[C@@H]2C)c(Cl)c1F. The van der Waals surface area contributed by atoms with Gasteiger partial charge in [-0.3, -0.25) is 4.79 Å². The van der Waals surface area contributed by atoms with Crippen LogP contribution in [0.5, 0.6) is 0 Å². The van der Waals surface area contributed by atoms with Gasteiger partial charge in [-0.05, 0) is 40.7 Å². The fraction of sp³-hybridized carbons (Fsp3) is 0.478. The number of alkyl halides is 2. The van der Waals surface area contributed by atoms with E-state index in [0.717, 1.165) is 22.3 Å². The van der Waals surface area contributed by atoms with Gasteiger partial charge in [-0.2, -0.15) is 0 Å². The lowest BCUT2D eigenvalue weighted by Gasteiger charge is -2.20. The van der Waals surface area contributed by atoms with E-state index in [0.29, 0.717) is 0 Å². The van der Waals surface area contributed by atoms with Gasteiger partial charge in [-0.15, -0.1) is 21.5 Å². The van der Waals surface area contributed by atoms with Crippen molar-refractivity contribution in [1.29, 1.82) is 0 Å². The number of amides is 1. The summed E-state index contributed by atoms with van der Waals surface area (Å²) in [7, 11) is -4.26. The molecule has 1 saturated heterocycles. The number of halogens is 4. The second-order valence-electron chi connectivity index (χ2n) is 10.0. The van der Waals surface area contributed by atoms with E-state index in [-0.39, 0.29) is 32.9 Å². The zero-order chi connectivity index (χ0) is 29.1. The maximum atomic E-state index is 15.3. The number of likely N-dealkylation sites (tertiary alicyclic amines) is 1. The van der Waals surface area contributed by atoms with E-state index in [9.17, 15) is 27.1 Å². The minimum Gasteiger partial charge on any atom is -0.415 e. The molecule has 0 aliphatic carbocycles. The summed E-state index contributed by atoms with van der Waals surface area (Å²) in [5, 5.41) is 17.1. The van der Waals surface area contributed by atoms with Crippen LogP contribution in [0.15, 0.2) is 21.4 Å². The predicted octanol–water partition coefficient (Wildman–Crippen LogP) is 4.44. The van der Waals surface area contributed by atoms with Gasteiger partial charge in [0.05, 0.1) is 16.4 Å². The van der Waals surface area contributed by atoms with Crippen LogP contribution in [0.1, 0.15) is 57.4 Å². The van der Waals surface area contributed by atoms with Crippen LogP contribution in [-0.2, 0) is 15.6 Å². The fourth-order valence-corrected chi connectivity index (χ4v) is 6.72. The third kappa shape index (κ3) is 5.82. The molecule has 39 heavy (non-hydrogen) atoms. The summed E-state index contributed by atoms with van der Waals surface area (Å²) in [4.78, 5) is 18.0. The van der Waals surface area contributed by atoms with Crippen LogP contribution in [-0.4, -0.2) is 64.1 Å². The molecule has 1 aliphatic heterocycles. The molecule has 1 amide bonds. The lowest BCUT2D eigenvalue weighted by Crippen LogP contribution is -2.35. The summed E-state index contributed by atoms with van der Waals surface area (Å²) >= 11 is 7.07. The smallest absolute Gasteiger partial charge is 0.276 e. The van der Waals surface area contributed by atoms with Crippen molar-refractivity contribution in [1.82, 2.24) is 24.8 Å². The molecule has 1 atom stereocenters. The monoisotopic (exact) mass is 607 g/mol. The van der Waals surface area contributed by atoms with E-state index in [2.05, 4.69) is 19.9 Å². The summed E-state index contributed by atoms with van der Waals surface area (Å²) in [5.74, 6) is -5.57. The molecule has 16 heteroatoms. The molecule has 0 unspecified atom stereocenters. The van der Waals surface area contributed by atoms with Gasteiger partial charge in [0.1, 0.15) is 16.2 Å². The quantitative estimate of drug-likeness (QED) is 0.402. The molecule has 1 aromatic carbocycles. The van der Waals surface area contributed by atoms with Gasteiger partial charge in [0.15, 0.2) is 10.8 Å². The average molecular weight is 608 g/mol. The van der Waals surface area contributed by atoms with E-state index >= 15 is 4.39 Å². The van der Waals surface area contributed by atoms with Gasteiger partial charge in [0.25, 0.3) is 17.7 Å². The average Bonchev–Trinajstić information content (AvgIpc) is 3.50. The molecular formula is C23H25ClF3N5O5S2. The first-order chi connectivity index (χ1) is 17.9. The van der Waals surface area contributed by atoms with Gasteiger partial charge in [0.2, 0.25) is 15.9 Å². The minimum atomic E-state index is -4.26. The first-order valence-corrected chi connectivity index (χ1v) is 14.4. The van der Waals surface area contributed by atoms with Gasteiger partial charge < -0.3 is 14.4 Å². The van der Waals surface area contributed by atoms with Crippen molar-refractivity contribution in [2.75, 3.05) is 6.54 Å². The Morgan fingerprint density at radius 3 is 2.54 bits per heavy atom. The Bertz CT molecular complexity index is 1540. The Kier molecular flexibility index (Phi) is 7.62. The Morgan fingerprint density at radius 2 is 2.00 bits per heavy atom. The zero-order valence-corrected chi connectivity index (χ0v) is 23.8. The molecule has 2 aromatic heterocycles. The normalized spacial score (nSPS) is 17.8. The molecule has 0 spiro atoms. The molecular weight excluding hydrogens is 583 g/mol. The minimum absolute atomic E-state index is 0.0231. The lowest BCUT2D eigenvalue weighted by atomic mass is 10.1. The van der Waals surface area contributed by atoms with Crippen molar-refractivity contribution in [2.45, 2.75) is 69.5 Å². The van der Waals surface area contributed by atoms with Crippen LogP contribution in [0.25, 0.3) is 21.3 Å². The second-order valence-corrected chi connectivity index (χ2v) is 13.1. The summed E-state index contributed by atoms with van der Waals surface area (Å²) in [5.41, 5.74) is -1.91. The number of aliphatic hydroxyl groups is 1. The largest absolute Gasteiger partial charge is 0.415 e. The fourth-order valence-electron chi connectivity index (χ4n) is 4.00. The zero-order valence-electron chi connectivity index (χ0n) is 21.4. The Hall–Kier alpha value is -2.59. The maximum Gasteiger partial charge on any atom is 0.276 e. The van der Waals surface area contributed by atoms with Gasteiger partial charge in [0, 0.05) is 24.1 Å². The molecule has 3 aromatic rings. The topological polar surface area (TPSA) is 139 Å². The van der Waals surface area contributed by atoms with Crippen molar-refractivity contribution >= 4 is 38.9 Å². The van der Waals surface area contributed by atoms with Crippen molar-refractivity contribution in [2.24, 2.45) is 0 Å². The van der Waals surface area contributed by atoms with Crippen molar-refractivity contribution in [3.05, 3.63) is 34.6 Å². The van der Waals surface area contributed by atoms with E-state index in [4.69, 9.17) is 16.0 Å². The van der Waals surface area contributed by atoms with Crippen molar-refractivity contribution in [3.63, 3.8) is 0 Å². The molecule has 10 nitrogen and oxygen atoms in total. The molecule has 0 saturated carbocycles. The highest BCUT2D eigenvalue weighted by molar-refractivity contribution is 7.89. The van der Waals surface area contributed by atoms with Crippen molar-refractivity contribution < 1.29 is 35.9 Å². The molecule has 2 N–H and O–H groups in total. The first kappa shape index (κ1) is 29.4. The van der Waals surface area contributed by atoms with Crippen molar-refractivity contribution in [3.8, 4) is 21.3 Å². The third-order valence-electron chi connectivity index (χ3n) is 5.72. The third-order valence-corrected chi connectivity index (χ3v) is 8.84. The molecule has 1 fully saturated rings. The van der Waals surface area contributed by atoms with Crippen LogP contribution in [0.3, 0.4) is 0 Å². The number of thiazole rings is 1. The Morgan fingerprint density at radius 1 is 1.33 bits per heavy atom. The number of nitrogens with zero attached hydrogens (tertiary/aromatic N) is 4. The highest BCUT2D eigenvalue weighted by Crippen LogP contribution is 2.42. The predicted molar refractivity (Wildman–Crippen MR) is 137 cm³/mol. The van der Waals surface area contributed by atoms with Gasteiger partial charge in [-0.1, -0.05) is 17.7 Å². The van der Waals surface area contributed by atoms with Gasteiger partial charge in [-0.25, -0.2) is 31.3 Å². The summed E-state index contributed by atoms with van der Waals surface area (Å²) in [6.45, 7) is 6.57. The highest BCUT2D eigenvalue weighted by Gasteiger charge is 2.46. The number of hydrogen-bond donors (Lipinski definition) is 2. The van der Waals surface area contributed by atoms with Crippen LogP contribution >= 0.6 is 22.9 Å². The van der Waals surface area contributed by atoms with Crippen LogP contribution in [0.2, 0.25) is 5.02 Å². The molecule has 212 valence electrons. The standard InChI is InChI=1S/C23H25ClF3N5O5S2/c1-10(2)31-39(35,36)13-7-6-12(14(24)15(13)25)17-16(20(33)32-9-23(26,27)8-11(32)3)28-19(38-17)18-29-30-21(37-18)22(4,5)34/h6-7,10-11,31,34H,8-9H2,1-5H3/t11-/m0/s1. The lowest BCUT2D eigenvalue weighted by molar-refractivity contribution is 0.0118. The molecule has 3 heterocycles.